The number of hydrogen-bond acceptors (Lipinski definition) is 6. The molecule has 4 rings (SSSR count). The van der Waals surface area contributed by atoms with E-state index in [9.17, 15) is 18.0 Å². The molecule has 1 saturated heterocycles. The van der Waals surface area contributed by atoms with Crippen molar-refractivity contribution in [1.82, 2.24) is 4.31 Å². The first-order chi connectivity index (χ1) is 15.3. The van der Waals surface area contributed by atoms with Gasteiger partial charge in [-0.2, -0.15) is 4.31 Å². The van der Waals surface area contributed by atoms with Gasteiger partial charge in [0.15, 0.2) is 0 Å². The van der Waals surface area contributed by atoms with Crippen LogP contribution in [0.3, 0.4) is 0 Å². The zero-order valence-corrected chi connectivity index (χ0v) is 19.9. The highest BCUT2D eigenvalue weighted by Crippen LogP contribution is 2.29. The number of amides is 2. The number of piperidine rings is 1. The van der Waals surface area contributed by atoms with Gasteiger partial charge in [-0.25, -0.2) is 8.42 Å². The van der Waals surface area contributed by atoms with Crippen LogP contribution < -0.4 is 10.6 Å². The fourth-order valence-electron chi connectivity index (χ4n) is 3.57. The number of benzene rings is 1. The van der Waals surface area contributed by atoms with E-state index in [1.54, 1.807) is 42.5 Å². The highest BCUT2D eigenvalue weighted by Gasteiger charge is 2.34. The molecule has 3 heterocycles. The van der Waals surface area contributed by atoms with Crippen LogP contribution in [0.15, 0.2) is 58.1 Å². The summed E-state index contributed by atoms with van der Waals surface area (Å²) in [5.41, 5.74) is 1.12. The van der Waals surface area contributed by atoms with Gasteiger partial charge in [-0.1, -0.05) is 12.1 Å². The lowest BCUT2D eigenvalue weighted by atomic mass is 9.98. The summed E-state index contributed by atoms with van der Waals surface area (Å²) in [6, 6.07) is 13.9. The fourth-order valence-corrected chi connectivity index (χ4v) is 7.15. The largest absolute Gasteiger partial charge is 0.326 e. The molecule has 1 fully saturated rings. The van der Waals surface area contributed by atoms with Crippen molar-refractivity contribution in [3.63, 3.8) is 0 Å². The number of sulfonamides is 1. The minimum atomic E-state index is -3.60. The Kier molecular flexibility index (Phi) is 6.75. The van der Waals surface area contributed by atoms with Crippen LogP contribution in [0.4, 0.5) is 11.4 Å². The zero-order valence-electron chi connectivity index (χ0n) is 17.4. The summed E-state index contributed by atoms with van der Waals surface area (Å²) in [7, 11) is -3.60. The summed E-state index contributed by atoms with van der Waals surface area (Å²) in [5.74, 6) is -0.877. The first-order valence-corrected chi connectivity index (χ1v) is 13.3. The fraction of sp³-hybridized carbons (Fsp3) is 0.273. The van der Waals surface area contributed by atoms with Gasteiger partial charge >= 0.3 is 0 Å². The highest BCUT2D eigenvalue weighted by atomic mass is 32.2. The number of carbonyl (C=O) groups is 2. The average Bonchev–Trinajstić information content (AvgIpc) is 3.46. The molecule has 1 atom stereocenters. The molecule has 2 N–H and O–H groups in total. The summed E-state index contributed by atoms with van der Waals surface area (Å²) >= 11 is 2.59. The van der Waals surface area contributed by atoms with Gasteiger partial charge in [0, 0.05) is 29.3 Å². The Morgan fingerprint density at radius 1 is 1.06 bits per heavy atom. The van der Waals surface area contributed by atoms with Crippen molar-refractivity contribution >= 4 is 55.9 Å². The van der Waals surface area contributed by atoms with Gasteiger partial charge in [0.25, 0.3) is 15.9 Å². The lowest BCUT2D eigenvalue weighted by Gasteiger charge is -2.30. The summed E-state index contributed by atoms with van der Waals surface area (Å²) in [6.07, 6.45) is 1.24. The molecule has 2 aromatic heterocycles. The molecule has 10 heteroatoms. The molecule has 0 bridgehead atoms. The van der Waals surface area contributed by atoms with Crippen LogP contribution in [0.1, 0.15) is 27.4 Å². The molecule has 1 unspecified atom stereocenters. The van der Waals surface area contributed by atoms with E-state index in [-0.39, 0.29) is 18.4 Å². The van der Waals surface area contributed by atoms with Gasteiger partial charge in [0.05, 0.1) is 10.8 Å². The first kappa shape index (κ1) is 22.7. The predicted molar refractivity (Wildman–Crippen MR) is 128 cm³/mol. The van der Waals surface area contributed by atoms with Gasteiger partial charge in [-0.3, -0.25) is 9.59 Å². The Morgan fingerprint density at radius 2 is 1.84 bits per heavy atom. The van der Waals surface area contributed by atoms with E-state index < -0.39 is 15.9 Å². The number of rotatable bonds is 6. The third-order valence-electron chi connectivity index (χ3n) is 5.20. The maximum atomic E-state index is 12.9. The second-order valence-corrected chi connectivity index (χ2v) is 12.0. The molecule has 32 heavy (non-hydrogen) atoms. The number of aryl methyl sites for hydroxylation is 1. The normalized spacial score (nSPS) is 17.1. The Morgan fingerprint density at radius 3 is 2.53 bits per heavy atom. The van der Waals surface area contributed by atoms with Crippen molar-refractivity contribution in [1.29, 1.82) is 0 Å². The molecule has 2 amide bonds. The molecule has 0 saturated carbocycles. The Hall–Kier alpha value is -2.53. The van der Waals surface area contributed by atoms with Crippen LogP contribution >= 0.6 is 22.7 Å². The van der Waals surface area contributed by atoms with Gasteiger partial charge in [-0.15, -0.1) is 22.7 Å². The molecule has 0 aliphatic carbocycles. The molecule has 0 radical (unpaired) electrons. The SMILES string of the molecule is Cc1ccc(S(=O)(=O)N2CCCC(C(=O)Nc3cccc(NC(=O)c4cccs4)c3)C2)s1. The van der Waals surface area contributed by atoms with Gasteiger partial charge < -0.3 is 10.6 Å². The van der Waals surface area contributed by atoms with E-state index in [1.807, 2.05) is 18.4 Å². The summed E-state index contributed by atoms with van der Waals surface area (Å²) in [6.45, 7) is 2.43. The third-order valence-corrected chi connectivity index (χ3v) is 9.40. The maximum absolute atomic E-state index is 12.9. The minimum absolute atomic E-state index is 0.153. The second-order valence-electron chi connectivity index (χ2n) is 7.57. The first-order valence-electron chi connectivity index (χ1n) is 10.2. The predicted octanol–water partition coefficient (Wildman–Crippen LogP) is 4.41. The molecular formula is C22H23N3O4S3. The topological polar surface area (TPSA) is 95.6 Å². The Labute approximate surface area is 195 Å². The highest BCUT2D eigenvalue weighted by molar-refractivity contribution is 7.91. The molecule has 168 valence electrons. The second kappa shape index (κ2) is 9.53. The average molecular weight is 490 g/mol. The Balaban J connectivity index is 1.41. The molecule has 1 aliphatic rings. The van der Waals surface area contributed by atoms with Crippen LogP contribution in [-0.2, 0) is 14.8 Å². The van der Waals surface area contributed by atoms with E-state index in [0.717, 1.165) is 4.88 Å². The standard InChI is InChI=1S/C22H23N3O4S3/c1-15-9-10-20(31-15)32(28,29)25-11-3-5-16(14-25)21(26)23-17-6-2-7-18(13-17)24-22(27)19-8-4-12-30-19/h2,4,6-10,12-13,16H,3,5,11,14H2,1H3,(H,23,26)(H,24,27). The molecule has 1 aliphatic heterocycles. The van der Waals surface area contributed by atoms with Gasteiger partial charge in [0.1, 0.15) is 4.21 Å². The minimum Gasteiger partial charge on any atom is -0.326 e. The number of carbonyl (C=O) groups excluding carboxylic acids is 2. The summed E-state index contributed by atoms with van der Waals surface area (Å²) < 4.78 is 27.6. The molecule has 7 nitrogen and oxygen atoms in total. The van der Waals surface area contributed by atoms with E-state index in [0.29, 0.717) is 39.8 Å². The van der Waals surface area contributed by atoms with Crippen LogP contribution in [0, 0.1) is 12.8 Å². The van der Waals surface area contributed by atoms with Crippen LogP contribution in [0.2, 0.25) is 0 Å². The number of hydrogen-bond donors (Lipinski definition) is 2. The maximum Gasteiger partial charge on any atom is 0.265 e. The monoisotopic (exact) mass is 489 g/mol. The number of nitrogens with one attached hydrogen (secondary N) is 2. The quantitative estimate of drug-likeness (QED) is 0.536. The van der Waals surface area contributed by atoms with Crippen molar-refractivity contribution in [2.45, 2.75) is 24.0 Å². The Bertz CT molecular complexity index is 1220. The summed E-state index contributed by atoms with van der Waals surface area (Å²) in [5, 5.41) is 7.52. The lowest BCUT2D eigenvalue weighted by molar-refractivity contribution is -0.120. The van der Waals surface area contributed by atoms with Gasteiger partial charge in [0.2, 0.25) is 5.91 Å². The number of nitrogens with zero attached hydrogens (tertiary/aromatic N) is 1. The van der Waals surface area contributed by atoms with E-state index >= 15 is 0 Å². The molecular weight excluding hydrogens is 466 g/mol. The van der Waals surface area contributed by atoms with E-state index in [1.165, 1.54) is 27.0 Å². The smallest absolute Gasteiger partial charge is 0.265 e. The van der Waals surface area contributed by atoms with Crippen molar-refractivity contribution in [2.75, 3.05) is 23.7 Å². The van der Waals surface area contributed by atoms with Crippen molar-refractivity contribution in [2.24, 2.45) is 5.92 Å². The molecule has 0 spiro atoms. The zero-order chi connectivity index (χ0) is 22.7. The van der Waals surface area contributed by atoms with Crippen molar-refractivity contribution in [3.8, 4) is 0 Å². The third kappa shape index (κ3) is 5.09. The van der Waals surface area contributed by atoms with Gasteiger partial charge in [-0.05, 0) is 61.5 Å². The lowest BCUT2D eigenvalue weighted by Crippen LogP contribution is -2.43. The van der Waals surface area contributed by atoms with E-state index in [2.05, 4.69) is 10.6 Å². The van der Waals surface area contributed by atoms with Crippen LogP contribution in [0.25, 0.3) is 0 Å². The number of anilines is 2. The van der Waals surface area contributed by atoms with E-state index in [4.69, 9.17) is 0 Å². The van der Waals surface area contributed by atoms with Crippen molar-refractivity contribution in [3.05, 3.63) is 63.7 Å². The van der Waals surface area contributed by atoms with Crippen molar-refractivity contribution < 1.29 is 18.0 Å². The molecule has 1 aromatic carbocycles. The number of thiophene rings is 2. The summed E-state index contributed by atoms with van der Waals surface area (Å²) in [4.78, 5) is 26.7. The van der Waals surface area contributed by atoms with Crippen LogP contribution in [-0.4, -0.2) is 37.6 Å². The van der Waals surface area contributed by atoms with Crippen LogP contribution in [0.5, 0.6) is 0 Å². The molecule has 3 aromatic rings.